The number of hydrogen-bond acceptors (Lipinski definition) is 4. The van der Waals surface area contributed by atoms with E-state index in [2.05, 4.69) is 18.7 Å². The van der Waals surface area contributed by atoms with Crippen LogP contribution in [0.3, 0.4) is 0 Å². The number of anilines is 1. The Bertz CT molecular complexity index is 763. The van der Waals surface area contributed by atoms with Crippen molar-refractivity contribution >= 4 is 17.4 Å². The number of carbonyl (C=O) groups is 2. The fourth-order valence-corrected chi connectivity index (χ4v) is 3.28. The molecule has 3 rings (SSSR count). The van der Waals surface area contributed by atoms with Gasteiger partial charge in [0.25, 0.3) is 0 Å². The third-order valence-electron chi connectivity index (χ3n) is 4.73. The number of carbonyl (C=O) groups excluding carboxylic acids is 2. The molecule has 0 bridgehead atoms. The van der Waals surface area contributed by atoms with Crippen molar-refractivity contribution < 1.29 is 14.3 Å². The molecule has 0 saturated heterocycles. The van der Waals surface area contributed by atoms with Crippen LogP contribution in [0.1, 0.15) is 46.5 Å². The lowest BCUT2D eigenvalue weighted by molar-refractivity contribution is 0.0257. The normalized spacial score (nSPS) is 16.2. The Morgan fingerprint density at radius 2 is 1.76 bits per heavy atom. The number of esters is 1. The van der Waals surface area contributed by atoms with E-state index in [9.17, 15) is 9.59 Å². The summed E-state index contributed by atoms with van der Waals surface area (Å²) in [4.78, 5) is 27.1. The third kappa shape index (κ3) is 3.58. The number of ketones is 1. The fraction of sp³-hybridized carbons (Fsp3) is 0.333. The van der Waals surface area contributed by atoms with Gasteiger partial charge in [-0.15, -0.1) is 0 Å². The molecule has 0 fully saturated rings. The highest BCUT2D eigenvalue weighted by Crippen LogP contribution is 2.24. The van der Waals surface area contributed by atoms with Crippen LogP contribution in [0, 0.1) is 0 Å². The number of benzene rings is 2. The van der Waals surface area contributed by atoms with Gasteiger partial charge in [-0.2, -0.15) is 0 Å². The van der Waals surface area contributed by atoms with Crippen molar-refractivity contribution in [1.82, 2.24) is 0 Å². The summed E-state index contributed by atoms with van der Waals surface area (Å²) < 4.78 is 5.50. The number of Topliss-reactive ketones (excluding diaryl/α,β-unsaturated/α-hetero) is 1. The molecule has 1 atom stereocenters. The molecule has 2 aromatic carbocycles. The van der Waals surface area contributed by atoms with Gasteiger partial charge in [-0.1, -0.05) is 24.3 Å². The van der Waals surface area contributed by atoms with E-state index in [1.807, 2.05) is 30.3 Å². The summed E-state index contributed by atoms with van der Waals surface area (Å²) in [6.45, 7) is 6.02. The van der Waals surface area contributed by atoms with E-state index in [0.29, 0.717) is 17.5 Å². The van der Waals surface area contributed by atoms with Gasteiger partial charge >= 0.3 is 5.97 Å². The molecule has 0 heterocycles. The lowest BCUT2D eigenvalue weighted by Crippen LogP contribution is -2.32. The van der Waals surface area contributed by atoms with Crippen LogP contribution in [0.15, 0.2) is 48.5 Å². The molecule has 0 radical (unpaired) electrons. The molecular weight excluding hydrogens is 314 g/mol. The average Bonchev–Trinajstić information content (AvgIpc) is 2.66. The van der Waals surface area contributed by atoms with Crippen molar-refractivity contribution in [3.05, 3.63) is 65.2 Å². The van der Waals surface area contributed by atoms with E-state index < -0.39 is 12.1 Å². The molecule has 0 spiro atoms. The maximum Gasteiger partial charge on any atom is 0.338 e. The van der Waals surface area contributed by atoms with Gasteiger partial charge in [-0.05, 0) is 56.5 Å². The van der Waals surface area contributed by atoms with Gasteiger partial charge in [0.2, 0.25) is 5.78 Å². The SMILES string of the molecule is CCN(CC)c1ccc(C(=O)OC2CCc3ccccc3C2=O)cc1. The van der Waals surface area contributed by atoms with E-state index in [0.717, 1.165) is 30.8 Å². The predicted molar refractivity (Wildman–Crippen MR) is 98.3 cm³/mol. The van der Waals surface area contributed by atoms with Crippen LogP contribution < -0.4 is 4.90 Å². The number of fused-ring (bicyclic) bond motifs is 1. The summed E-state index contributed by atoms with van der Waals surface area (Å²) in [6.07, 6.45) is 0.602. The highest BCUT2D eigenvalue weighted by molar-refractivity contribution is 6.03. The quantitative estimate of drug-likeness (QED) is 0.777. The maximum atomic E-state index is 12.5. The zero-order valence-corrected chi connectivity index (χ0v) is 14.7. The summed E-state index contributed by atoms with van der Waals surface area (Å²) in [5.74, 6) is -0.543. The molecule has 0 N–H and O–H groups in total. The van der Waals surface area contributed by atoms with Crippen LogP contribution in [-0.4, -0.2) is 30.9 Å². The Morgan fingerprint density at radius 3 is 2.44 bits per heavy atom. The molecule has 0 amide bonds. The van der Waals surface area contributed by atoms with Gasteiger partial charge in [0.15, 0.2) is 6.10 Å². The first-order valence-corrected chi connectivity index (χ1v) is 8.82. The number of aryl methyl sites for hydroxylation is 1. The second kappa shape index (κ2) is 7.51. The average molecular weight is 337 g/mol. The Hall–Kier alpha value is -2.62. The molecule has 1 unspecified atom stereocenters. The molecule has 2 aromatic rings. The highest BCUT2D eigenvalue weighted by Gasteiger charge is 2.30. The number of hydrogen-bond donors (Lipinski definition) is 0. The monoisotopic (exact) mass is 337 g/mol. The van der Waals surface area contributed by atoms with E-state index >= 15 is 0 Å². The van der Waals surface area contributed by atoms with E-state index in [-0.39, 0.29) is 5.78 Å². The first-order valence-electron chi connectivity index (χ1n) is 8.82. The lowest BCUT2D eigenvalue weighted by Gasteiger charge is -2.23. The minimum atomic E-state index is -0.690. The van der Waals surface area contributed by atoms with E-state index in [1.54, 1.807) is 18.2 Å². The Balaban J connectivity index is 1.70. The highest BCUT2D eigenvalue weighted by atomic mass is 16.5. The fourth-order valence-electron chi connectivity index (χ4n) is 3.28. The first kappa shape index (κ1) is 17.2. The Kier molecular flexibility index (Phi) is 5.17. The largest absolute Gasteiger partial charge is 0.450 e. The molecular formula is C21H23NO3. The van der Waals surface area contributed by atoms with Gasteiger partial charge < -0.3 is 9.64 Å². The molecule has 0 saturated carbocycles. The van der Waals surface area contributed by atoms with Gasteiger partial charge in [0.05, 0.1) is 5.56 Å². The third-order valence-corrected chi connectivity index (χ3v) is 4.73. The summed E-state index contributed by atoms with van der Waals surface area (Å²) in [5.41, 5.74) is 3.25. The van der Waals surface area contributed by atoms with Crippen LogP contribution in [0.25, 0.3) is 0 Å². The van der Waals surface area contributed by atoms with Crippen molar-refractivity contribution in [2.75, 3.05) is 18.0 Å². The molecule has 1 aliphatic rings. The van der Waals surface area contributed by atoms with Gasteiger partial charge in [0.1, 0.15) is 0 Å². The minimum absolute atomic E-state index is 0.102. The van der Waals surface area contributed by atoms with Gasteiger partial charge in [-0.25, -0.2) is 4.79 Å². The van der Waals surface area contributed by atoms with Crippen molar-refractivity contribution in [1.29, 1.82) is 0 Å². The van der Waals surface area contributed by atoms with Crippen LogP contribution in [-0.2, 0) is 11.2 Å². The van der Waals surface area contributed by atoms with Crippen molar-refractivity contribution in [3.63, 3.8) is 0 Å². The van der Waals surface area contributed by atoms with Crippen LogP contribution >= 0.6 is 0 Å². The molecule has 0 aliphatic heterocycles. The maximum absolute atomic E-state index is 12.5. The van der Waals surface area contributed by atoms with Gasteiger partial charge in [0, 0.05) is 24.3 Å². The van der Waals surface area contributed by atoms with Gasteiger partial charge in [-0.3, -0.25) is 4.79 Å². The number of ether oxygens (including phenoxy) is 1. The first-order chi connectivity index (χ1) is 12.1. The molecule has 4 nitrogen and oxygen atoms in total. The standard InChI is InChI=1S/C21H23NO3/c1-3-22(4-2)17-12-9-16(10-13-17)21(24)25-19-14-11-15-7-5-6-8-18(15)20(19)23/h5-10,12-13,19H,3-4,11,14H2,1-2H3. The van der Waals surface area contributed by atoms with Crippen LogP contribution in [0.4, 0.5) is 5.69 Å². The summed E-state index contributed by atoms with van der Waals surface area (Å²) in [7, 11) is 0. The predicted octanol–water partition coefficient (Wildman–Crippen LogP) is 3.89. The summed E-state index contributed by atoms with van der Waals surface area (Å²) in [5, 5.41) is 0. The van der Waals surface area contributed by atoms with Crippen molar-refractivity contribution in [2.24, 2.45) is 0 Å². The number of nitrogens with zero attached hydrogens (tertiary/aromatic N) is 1. The Labute approximate surface area is 148 Å². The van der Waals surface area contributed by atoms with E-state index in [1.165, 1.54) is 0 Å². The van der Waals surface area contributed by atoms with Crippen molar-refractivity contribution in [3.8, 4) is 0 Å². The minimum Gasteiger partial charge on any atom is -0.450 e. The zero-order valence-electron chi connectivity index (χ0n) is 14.7. The molecule has 4 heteroatoms. The zero-order chi connectivity index (χ0) is 17.8. The smallest absolute Gasteiger partial charge is 0.338 e. The van der Waals surface area contributed by atoms with Crippen LogP contribution in [0.5, 0.6) is 0 Å². The van der Waals surface area contributed by atoms with Crippen LogP contribution in [0.2, 0.25) is 0 Å². The summed E-state index contributed by atoms with van der Waals surface area (Å²) in [6, 6.07) is 14.9. The Morgan fingerprint density at radius 1 is 1.08 bits per heavy atom. The lowest BCUT2D eigenvalue weighted by atomic mass is 9.89. The molecule has 130 valence electrons. The molecule has 0 aromatic heterocycles. The molecule has 1 aliphatic carbocycles. The summed E-state index contributed by atoms with van der Waals surface area (Å²) >= 11 is 0. The second-order valence-electron chi connectivity index (χ2n) is 6.17. The van der Waals surface area contributed by atoms with E-state index in [4.69, 9.17) is 4.74 Å². The van der Waals surface area contributed by atoms with Crippen molar-refractivity contribution in [2.45, 2.75) is 32.8 Å². The topological polar surface area (TPSA) is 46.6 Å². The molecule has 25 heavy (non-hydrogen) atoms. The second-order valence-corrected chi connectivity index (χ2v) is 6.17. The number of rotatable bonds is 5.